The smallest absolute Gasteiger partial charge is 0.175 e. The average Bonchev–Trinajstić information content (AvgIpc) is 3.09. The first-order chi connectivity index (χ1) is 12.1. The molecule has 0 radical (unpaired) electrons. The van der Waals surface area contributed by atoms with Crippen LogP contribution in [0.1, 0.15) is 44.1 Å². The third-order valence-corrected chi connectivity index (χ3v) is 6.44. The molecule has 1 heterocycles. The van der Waals surface area contributed by atoms with E-state index in [1.165, 1.54) is 18.0 Å². The highest BCUT2D eigenvalue weighted by Gasteiger charge is 2.24. The molecule has 0 bridgehead atoms. The summed E-state index contributed by atoms with van der Waals surface area (Å²) in [6, 6.07) is 8.55. The predicted molar refractivity (Wildman–Crippen MR) is 108 cm³/mol. The van der Waals surface area contributed by atoms with Crippen molar-refractivity contribution in [2.24, 2.45) is 0 Å². The van der Waals surface area contributed by atoms with Gasteiger partial charge in [0.2, 0.25) is 0 Å². The molecular weight excluding hydrogens is 368 g/mol. The number of sulfone groups is 1. The van der Waals surface area contributed by atoms with Gasteiger partial charge >= 0.3 is 0 Å². The molecule has 140 valence electrons. The van der Waals surface area contributed by atoms with E-state index >= 15 is 0 Å². The van der Waals surface area contributed by atoms with Crippen LogP contribution in [-0.4, -0.2) is 30.0 Å². The number of thioether (sulfide) groups is 1. The van der Waals surface area contributed by atoms with Crippen LogP contribution >= 0.6 is 11.8 Å². The van der Waals surface area contributed by atoms with Gasteiger partial charge < -0.3 is 5.11 Å². The lowest BCUT2D eigenvalue weighted by molar-refractivity contribution is 0.0485. The lowest BCUT2D eigenvalue weighted by Crippen LogP contribution is -2.19. The summed E-state index contributed by atoms with van der Waals surface area (Å²) in [5, 5.41) is 17.5. The number of allylic oxidation sites excluding steroid dienone is 1. The molecule has 1 aromatic carbocycles. The summed E-state index contributed by atoms with van der Waals surface area (Å²) in [7, 11) is -3.27. The molecule has 0 saturated carbocycles. The van der Waals surface area contributed by atoms with Gasteiger partial charge in [-0.15, -0.1) is 0 Å². The maximum absolute atomic E-state index is 11.7. The van der Waals surface area contributed by atoms with Crippen molar-refractivity contribution in [2.75, 3.05) is 6.26 Å². The molecule has 0 saturated heterocycles. The third kappa shape index (κ3) is 4.66. The molecule has 2 rings (SSSR count). The van der Waals surface area contributed by atoms with E-state index in [0.717, 1.165) is 15.4 Å². The molecule has 0 aliphatic heterocycles. The van der Waals surface area contributed by atoms with Gasteiger partial charge in [-0.05, 0) is 44.0 Å². The number of hydrogen-bond donors (Lipinski definition) is 2. The number of aromatic nitrogens is 2. The molecular formula is C19H24N2O3S2. The van der Waals surface area contributed by atoms with E-state index < -0.39 is 15.4 Å². The van der Waals surface area contributed by atoms with E-state index in [0.29, 0.717) is 17.8 Å². The highest BCUT2D eigenvalue weighted by Crippen LogP contribution is 2.38. The summed E-state index contributed by atoms with van der Waals surface area (Å²) in [6.07, 6.45) is 3.67. The highest BCUT2D eigenvalue weighted by molar-refractivity contribution is 8.16. The number of hydrogen-bond acceptors (Lipinski definition) is 5. The fourth-order valence-electron chi connectivity index (χ4n) is 2.27. The Morgan fingerprint density at radius 1 is 1.42 bits per heavy atom. The molecule has 26 heavy (non-hydrogen) atoms. The van der Waals surface area contributed by atoms with Crippen molar-refractivity contribution in [2.45, 2.75) is 37.7 Å². The second-order valence-corrected chi connectivity index (χ2v) is 9.42. The molecule has 1 aromatic heterocycles. The molecule has 2 N–H and O–H groups in total. The van der Waals surface area contributed by atoms with E-state index in [2.05, 4.69) is 16.8 Å². The average molecular weight is 393 g/mol. The van der Waals surface area contributed by atoms with E-state index in [4.69, 9.17) is 0 Å². The summed E-state index contributed by atoms with van der Waals surface area (Å²) in [6.45, 7) is 9.61. The van der Waals surface area contributed by atoms with E-state index in [9.17, 15) is 13.5 Å². The van der Waals surface area contributed by atoms with Crippen LogP contribution < -0.4 is 0 Å². The molecule has 0 aliphatic rings. The Morgan fingerprint density at radius 2 is 2.12 bits per heavy atom. The molecule has 0 fully saturated rings. The molecule has 0 spiro atoms. The standard InChI is InChI=1S/C19H24N2O3S2/c1-6-17(16-12-18(21-20-16)19(4,22)7-2)25-13(3)14-9-8-10-15(11-14)26(5,23)24/h6,8-12,22H,3,7H2,1-2,4-5H3,(H,20,21)/b17-6-. The molecule has 2 aromatic rings. The summed E-state index contributed by atoms with van der Waals surface area (Å²) in [5.41, 5.74) is 1.14. The van der Waals surface area contributed by atoms with E-state index in [1.807, 2.05) is 32.1 Å². The number of rotatable bonds is 7. The highest BCUT2D eigenvalue weighted by atomic mass is 32.2. The monoisotopic (exact) mass is 392 g/mol. The van der Waals surface area contributed by atoms with Crippen molar-refractivity contribution in [1.29, 1.82) is 0 Å². The van der Waals surface area contributed by atoms with Crippen molar-refractivity contribution in [3.63, 3.8) is 0 Å². The number of nitrogens with zero attached hydrogens (tertiary/aromatic N) is 1. The van der Waals surface area contributed by atoms with Crippen molar-refractivity contribution in [3.8, 4) is 0 Å². The van der Waals surface area contributed by atoms with Crippen LogP contribution in [0.2, 0.25) is 0 Å². The first-order valence-corrected chi connectivity index (χ1v) is 10.9. The van der Waals surface area contributed by atoms with Crippen LogP contribution in [-0.2, 0) is 15.4 Å². The summed E-state index contributed by atoms with van der Waals surface area (Å²) in [5.74, 6) is 0. The Kier molecular flexibility index (Phi) is 6.16. The SMILES string of the molecule is C=C(S/C(=C\C)c1cc(C(C)(O)CC)[nH]n1)c1cccc(S(C)(=O)=O)c1. The van der Waals surface area contributed by atoms with Gasteiger partial charge in [-0.1, -0.05) is 43.5 Å². The zero-order chi connectivity index (χ0) is 19.5. The molecule has 0 amide bonds. The number of H-pyrrole nitrogens is 1. The van der Waals surface area contributed by atoms with Crippen LogP contribution in [0.5, 0.6) is 0 Å². The number of aliphatic hydroxyl groups is 1. The van der Waals surface area contributed by atoms with E-state index in [1.54, 1.807) is 25.1 Å². The van der Waals surface area contributed by atoms with Gasteiger partial charge in [0, 0.05) is 16.1 Å². The zero-order valence-electron chi connectivity index (χ0n) is 15.4. The van der Waals surface area contributed by atoms with Crippen LogP contribution in [0.25, 0.3) is 9.81 Å². The minimum absolute atomic E-state index is 0.264. The fraction of sp³-hybridized carbons (Fsp3) is 0.316. The topological polar surface area (TPSA) is 83.0 Å². The third-order valence-electron chi connectivity index (χ3n) is 4.18. The van der Waals surface area contributed by atoms with Gasteiger partial charge in [-0.2, -0.15) is 5.10 Å². The first kappa shape index (κ1) is 20.5. The Balaban J connectivity index is 2.25. The van der Waals surface area contributed by atoms with Crippen LogP contribution in [0.3, 0.4) is 0 Å². The Labute approximate surface area is 159 Å². The maximum Gasteiger partial charge on any atom is 0.175 e. The van der Waals surface area contributed by atoms with Gasteiger partial charge in [0.1, 0.15) is 5.60 Å². The van der Waals surface area contributed by atoms with Crippen molar-refractivity contribution in [1.82, 2.24) is 10.2 Å². The van der Waals surface area contributed by atoms with Crippen LogP contribution in [0.4, 0.5) is 0 Å². The van der Waals surface area contributed by atoms with Crippen molar-refractivity contribution < 1.29 is 13.5 Å². The molecule has 1 atom stereocenters. The minimum Gasteiger partial charge on any atom is -0.384 e. The van der Waals surface area contributed by atoms with Crippen LogP contribution in [0.15, 0.2) is 47.9 Å². The Hall–Kier alpha value is -1.83. The first-order valence-electron chi connectivity index (χ1n) is 8.20. The molecule has 7 heteroatoms. The molecule has 0 aliphatic carbocycles. The molecule has 1 unspecified atom stereocenters. The van der Waals surface area contributed by atoms with Crippen molar-refractivity contribution in [3.05, 3.63) is 59.9 Å². The molecule has 5 nitrogen and oxygen atoms in total. The normalized spacial score (nSPS) is 14.9. The zero-order valence-corrected chi connectivity index (χ0v) is 17.0. The number of nitrogens with one attached hydrogen (secondary N) is 1. The van der Waals surface area contributed by atoms with Gasteiger partial charge in [0.25, 0.3) is 0 Å². The predicted octanol–water partition coefficient (Wildman–Crippen LogP) is 4.20. The lowest BCUT2D eigenvalue weighted by Gasteiger charge is -2.18. The van der Waals surface area contributed by atoms with Crippen LogP contribution in [0, 0.1) is 0 Å². The Bertz CT molecular complexity index is 941. The maximum atomic E-state index is 11.7. The summed E-state index contributed by atoms with van der Waals surface area (Å²) < 4.78 is 23.5. The quantitative estimate of drug-likeness (QED) is 0.738. The van der Waals surface area contributed by atoms with Gasteiger partial charge in [0.05, 0.1) is 16.3 Å². The Morgan fingerprint density at radius 3 is 2.69 bits per heavy atom. The second kappa shape index (κ2) is 7.82. The number of benzene rings is 1. The van der Waals surface area contributed by atoms with Gasteiger partial charge in [0.15, 0.2) is 9.84 Å². The second-order valence-electron chi connectivity index (χ2n) is 6.27. The number of aromatic amines is 1. The largest absolute Gasteiger partial charge is 0.384 e. The lowest BCUT2D eigenvalue weighted by atomic mass is 9.99. The fourth-order valence-corrected chi connectivity index (χ4v) is 3.77. The minimum atomic E-state index is -3.27. The van der Waals surface area contributed by atoms with Crippen molar-refractivity contribution >= 4 is 31.4 Å². The summed E-state index contributed by atoms with van der Waals surface area (Å²) >= 11 is 1.41. The van der Waals surface area contributed by atoms with Gasteiger partial charge in [-0.25, -0.2) is 8.42 Å². The van der Waals surface area contributed by atoms with E-state index in [-0.39, 0.29) is 4.90 Å². The van der Waals surface area contributed by atoms with Gasteiger partial charge in [-0.3, -0.25) is 5.10 Å². The summed E-state index contributed by atoms with van der Waals surface area (Å²) in [4.78, 5) is 1.85.